The maximum Gasteiger partial charge on any atom is 0.416 e. The Hall–Kier alpha value is -2.12. The first kappa shape index (κ1) is 13.9. The Labute approximate surface area is 98.5 Å². The number of carbonyl (C=O) groups excluding carboxylic acids is 2. The molecule has 18 heavy (non-hydrogen) atoms. The van der Waals surface area contributed by atoms with E-state index in [-0.39, 0.29) is 0 Å². The highest BCUT2D eigenvalue weighted by Crippen LogP contribution is 2.31. The molecule has 0 atom stereocenters. The fraction of sp³-hybridized carbons (Fsp3) is 0.200. The quantitative estimate of drug-likeness (QED) is 0.479. The summed E-state index contributed by atoms with van der Waals surface area (Å²) in [5.74, 6) is -3.80. The van der Waals surface area contributed by atoms with E-state index in [1.807, 2.05) is 0 Å². The largest absolute Gasteiger partial charge is 0.462 e. The van der Waals surface area contributed by atoms with E-state index in [0.717, 1.165) is 7.11 Å². The number of esters is 1. The van der Waals surface area contributed by atoms with E-state index in [1.165, 1.54) is 0 Å². The highest BCUT2D eigenvalue weighted by Gasteiger charge is 2.31. The molecule has 1 aromatic rings. The first-order valence-corrected chi connectivity index (χ1v) is 4.51. The van der Waals surface area contributed by atoms with Crippen molar-refractivity contribution < 1.29 is 31.9 Å². The lowest BCUT2D eigenvalue weighted by Gasteiger charge is -2.10. The van der Waals surface area contributed by atoms with Crippen molar-refractivity contribution in [2.45, 2.75) is 6.18 Å². The Bertz CT molecular complexity index is 485. The Morgan fingerprint density at radius 1 is 1.28 bits per heavy atom. The summed E-state index contributed by atoms with van der Waals surface area (Å²) in [4.78, 5) is 21.8. The Morgan fingerprint density at radius 2 is 1.89 bits per heavy atom. The summed E-state index contributed by atoms with van der Waals surface area (Å²) in [5.41, 5.74) is -1.90. The third-order valence-corrected chi connectivity index (χ3v) is 1.91. The van der Waals surface area contributed by atoms with Gasteiger partial charge in [0.15, 0.2) is 0 Å². The molecule has 0 spiro atoms. The van der Waals surface area contributed by atoms with Gasteiger partial charge in [-0.2, -0.15) is 13.2 Å². The van der Waals surface area contributed by atoms with Gasteiger partial charge in [-0.1, -0.05) is 0 Å². The third-order valence-electron chi connectivity index (χ3n) is 1.91. The van der Waals surface area contributed by atoms with Crippen LogP contribution in [0.15, 0.2) is 18.2 Å². The van der Waals surface area contributed by atoms with Gasteiger partial charge < -0.3 is 10.1 Å². The number of carbonyl (C=O) groups is 2. The summed E-state index contributed by atoms with van der Waals surface area (Å²) >= 11 is 0. The van der Waals surface area contributed by atoms with Gasteiger partial charge in [0.2, 0.25) is 0 Å². The molecule has 0 aliphatic rings. The summed E-state index contributed by atoms with van der Waals surface area (Å²) in [7, 11) is 0.907. The van der Waals surface area contributed by atoms with Crippen LogP contribution in [0, 0.1) is 5.82 Å². The van der Waals surface area contributed by atoms with Gasteiger partial charge in [0, 0.05) is 0 Å². The smallest absolute Gasteiger partial charge is 0.416 e. The molecule has 1 amide bonds. The second-order valence-electron chi connectivity index (χ2n) is 3.14. The molecule has 0 aliphatic heterocycles. The number of methoxy groups -OCH3 is 1. The number of anilines is 1. The molecule has 8 heteroatoms. The number of hydrogen-bond donors (Lipinski definition) is 1. The average molecular weight is 265 g/mol. The zero-order valence-corrected chi connectivity index (χ0v) is 8.97. The topological polar surface area (TPSA) is 55.4 Å². The molecular formula is C10H7F4NO3. The zero-order chi connectivity index (χ0) is 13.9. The summed E-state index contributed by atoms with van der Waals surface area (Å²) in [5, 5.41) is 1.68. The SMILES string of the molecule is COC(=O)C(=O)Nc1cc(C(F)(F)F)ccc1F. The van der Waals surface area contributed by atoms with Crippen molar-refractivity contribution in [3.63, 3.8) is 0 Å². The number of amides is 1. The van der Waals surface area contributed by atoms with Gasteiger partial charge in [-0.05, 0) is 18.2 Å². The van der Waals surface area contributed by atoms with Gasteiger partial charge in [-0.3, -0.25) is 4.79 Å². The monoisotopic (exact) mass is 265 g/mol. The van der Waals surface area contributed by atoms with E-state index < -0.39 is 35.1 Å². The van der Waals surface area contributed by atoms with Crippen molar-refractivity contribution in [3.8, 4) is 0 Å². The lowest BCUT2D eigenvalue weighted by molar-refractivity contribution is -0.150. The van der Waals surface area contributed by atoms with Gasteiger partial charge >= 0.3 is 18.1 Å². The van der Waals surface area contributed by atoms with Crippen LogP contribution < -0.4 is 5.32 Å². The highest BCUT2D eigenvalue weighted by molar-refractivity contribution is 6.37. The Kier molecular flexibility index (Phi) is 3.89. The lowest BCUT2D eigenvalue weighted by atomic mass is 10.2. The van der Waals surface area contributed by atoms with Crippen molar-refractivity contribution in [2.24, 2.45) is 0 Å². The van der Waals surface area contributed by atoms with Gasteiger partial charge in [0.1, 0.15) is 5.82 Å². The molecule has 0 fully saturated rings. The highest BCUT2D eigenvalue weighted by atomic mass is 19.4. The average Bonchev–Trinajstić information content (AvgIpc) is 2.29. The minimum absolute atomic E-state index is 0.385. The minimum atomic E-state index is -4.68. The van der Waals surface area contributed by atoms with E-state index in [2.05, 4.69) is 4.74 Å². The summed E-state index contributed by atoms with van der Waals surface area (Å²) < 4.78 is 54.2. The fourth-order valence-electron chi connectivity index (χ4n) is 1.06. The van der Waals surface area contributed by atoms with Crippen LogP contribution in [0.2, 0.25) is 0 Å². The van der Waals surface area contributed by atoms with Crippen LogP contribution in [0.1, 0.15) is 5.56 Å². The Balaban J connectivity index is 3.02. The first-order chi connectivity index (χ1) is 8.25. The van der Waals surface area contributed by atoms with Crippen LogP contribution in [0.4, 0.5) is 23.2 Å². The second kappa shape index (κ2) is 5.03. The molecule has 1 rings (SSSR count). The van der Waals surface area contributed by atoms with Crippen molar-refractivity contribution in [2.75, 3.05) is 12.4 Å². The van der Waals surface area contributed by atoms with Crippen LogP contribution >= 0.6 is 0 Å². The van der Waals surface area contributed by atoms with E-state index in [4.69, 9.17) is 0 Å². The standard InChI is InChI=1S/C10H7F4NO3/c1-18-9(17)8(16)15-7-4-5(10(12,13)14)2-3-6(7)11/h2-4H,1H3,(H,15,16). The zero-order valence-electron chi connectivity index (χ0n) is 8.97. The van der Waals surface area contributed by atoms with Gasteiger partial charge in [-0.25, -0.2) is 9.18 Å². The molecule has 4 nitrogen and oxygen atoms in total. The lowest BCUT2D eigenvalue weighted by Crippen LogP contribution is -2.24. The van der Waals surface area contributed by atoms with E-state index >= 15 is 0 Å². The van der Waals surface area contributed by atoms with E-state index in [0.29, 0.717) is 18.2 Å². The number of ether oxygens (including phenoxy) is 1. The predicted molar refractivity (Wildman–Crippen MR) is 52.0 cm³/mol. The third kappa shape index (κ3) is 3.19. The van der Waals surface area contributed by atoms with Crippen LogP contribution in [0.25, 0.3) is 0 Å². The fourth-order valence-corrected chi connectivity index (χ4v) is 1.06. The van der Waals surface area contributed by atoms with E-state index in [9.17, 15) is 27.2 Å². The summed E-state index contributed by atoms with van der Waals surface area (Å²) in [6, 6.07) is 1.44. The van der Waals surface area contributed by atoms with Crippen molar-refractivity contribution in [1.29, 1.82) is 0 Å². The van der Waals surface area contributed by atoms with Crippen molar-refractivity contribution >= 4 is 17.6 Å². The molecule has 0 aromatic heterocycles. The van der Waals surface area contributed by atoms with Crippen LogP contribution in [0.5, 0.6) is 0 Å². The number of alkyl halides is 3. The normalized spacial score (nSPS) is 10.9. The van der Waals surface area contributed by atoms with Gasteiger partial charge in [-0.15, -0.1) is 0 Å². The number of hydrogen-bond acceptors (Lipinski definition) is 3. The van der Waals surface area contributed by atoms with Crippen molar-refractivity contribution in [3.05, 3.63) is 29.6 Å². The van der Waals surface area contributed by atoms with Crippen LogP contribution in [0.3, 0.4) is 0 Å². The molecule has 0 aliphatic carbocycles. The number of rotatable bonds is 1. The number of nitrogens with one attached hydrogen (secondary N) is 1. The van der Waals surface area contributed by atoms with Gasteiger partial charge in [0.25, 0.3) is 0 Å². The Morgan fingerprint density at radius 3 is 2.39 bits per heavy atom. The molecule has 0 radical (unpaired) electrons. The van der Waals surface area contributed by atoms with Crippen LogP contribution in [-0.4, -0.2) is 19.0 Å². The maximum absolute atomic E-state index is 13.2. The minimum Gasteiger partial charge on any atom is -0.462 e. The summed E-state index contributed by atoms with van der Waals surface area (Å²) in [6.45, 7) is 0. The molecule has 98 valence electrons. The molecule has 1 N–H and O–H groups in total. The van der Waals surface area contributed by atoms with E-state index in [1.54, 1.807) is 5.32 Å². The number of halogens is 4. The molecule has 1 aromatic carbocycles. The second-order valence-corrected chi connectivity index (χ2v) is 3.14. The molecule has 0 saturated heterocycles. The van der Waals surface area contributed by atoms with Gasteiger partial charge in [0.05, 0.1) is 18.4 Å². The maximum atomic E-state index is 13.2. The first-order valence-electron chi connectivity index (χ1n) is 4.51. The van der Waals surface area contributed by atoms with Crippen LogP contribution in [-0.2, 0) is 20.5 Å². The number of benzene rings is 1. The molecule has 0 unspecified atom stereocenters. The molecule has 0 bridgehead atoms. The van der Waals surface area contributed by atoms with Crippen molar-refractivity contribution in [1.82, 2.24) is 0 Å². The predicted octanol–water partition coefficient (Wildman–Crippen LogP) is 1.96. The molecule has 0 heterocycles. The summed E-state index contributed by atoms with van der Waals surface area (Å²) in [6.07, 6.45) is -4.68. The molecular weight excluding hydrogens is 258 g/mol. The molecule has 0 saturated carbocycles.